The van der Waals surface area contributed by atoms with Gasteiger partial charge in [0.05, 0.1) is 24.3 Å². The van der Waals surface area contributed by atoms with E-state index in [4.69, 9.17) is 10.00 Å². The number of rotatable bonds is 3. The minimum Gasteiger partial charge on any atom is -0.497 e. The summed E-state index contributed by atoms with van der Waals surface area (Å²) in [6, 6.07) is 9.26. The quantitative estimate of drug-likeness (QED) is 0.813. The molecule has 90 valence electrons. The first-order valence-electron chi connectivity index (χ1n) is 5.21. The highest BCUT2D eigenvalue weighted by molar-refractivity contribution is 7.91. The molecule has 1 saturated carbocycles. The second kappa shape index (κ2) is 4.04. The first kappa shape index (κ1) is 11.9. The molecule has 1 aliphatic rings. The molecule has 0 radical (unpaired) electrons. The smallest absolute Gasteiger partial charge is 0.152 e. The molecule has 0 aromatic heterocycles. The summed E-state index contributed by atoms with van der Waals surface area (Å²) >= 11 is 0. The third-order valence-corrected chi connectivity index (χ3v) is 4.67. The number of ether oxygens (including phenoxy) is 1. The molecular weight excluding hydrogens is 238 g/mol. The predicted molar refractivity (Wildman–Crippen MR) is 63.5 cm³/mol. The van der Waals surface area contributed by atoms with Crippen LogP contribution in [0.15, 0.2) is 24.3 Å². The van der Waals surface area contributed by atoms with E-state index in [1.165, 1.54) is 6.26 Å². The van der Waals surface area contributed by atoms with Crippen LogP contribution in [-0.4, -0.2) is 27.0 Å². The standard InChI is InChI=1S/C12H13NO3S/c1-16-9-5-3-8(4-6-9)11-10(7-13)12(11)17(2,14)15/h3-6,10-12H,1-2H3/t10-,11+,12+/m0/s1. The fourth-order valence-corrected chi connectivity index (χ4v) is 3.72. The second-order valence-corrected chi connectivity index (χ2v) is 6.45. The monoisotopic (exact) mass is 251 g/mol. The SMILES string of the molecule is COc1ccc([C@@H]2[C@H](C#N)[C@H]2S(C)(=O)=O)cc1. The van der Waals surface area contributed by atoms with Crippen molar-refractivity contribution < 1.29 is 13.2 Å². The van der Waals surface area contributed by atoms with Gasteiger partial charge in [-0.05, 0) is 17.7 Å². The zero-order valence-corrected chi connectivity index (χ0v) is 10.4. The Kier molecular flexibility index (Phi) is 2.84. The van der Waals surface area contributed by atoms with Crippen LogP contribution in [0.1, 0.15) is 11.5 Å². The number of sulfone groups is 1. The molecule has 0 N–H and O–H groups in total. The van der Waals surface area contributed by atoms with E-state index in [0.717, 1.165) is 11.3 Å². The molecule has 2 rings (SSSR count). The summed E-state index contributed by atoms with van der Waals surface area (Å²) < 4.78 is 28.0. The third-order valence-electron chi connectivity index (χ3n) is 3.10. The van der Waals surface area contributed by atoms with Crippen LogP contribution < -0.4 is 4.74 Å². The summed E-state index contributed by atoms with van der Waals surface area (Å²) in [4.78, 5) is 0. The van der Waals surface area contributed by atoms with Crippen molar-refractivity contribution in [2.75, 3.05) is 13.4 Å². The van der Waals surface area contributed by atoms with E-state index in [9.17, 15) is 8.42 Å². The molecule has 1 aromatic rings. The van der Waals surface area contributed by atoms with Crippen molar-refractivity contribution in [3.63, 3.8) is 0 Å². The third kappa shape index (κ3) is 2.13. The minimum absolute atomic E-state index is 0.194. The Hall–Kier alpha value is -1.54. The van der Waals surface area contributed by atoms with Crippen LogP contribution in [0, 0.1) is 17.2 Å². The molecule has 1 aromatic carbocycles. The Labute approximate surface area is 101 Å². The average Bonchev–Trinajstić information content (AvgIpc) is 3.03. The fraction of sp³-hybridized carbons (Fsp3) is 0.417. The van der Waals surface area contributed by atoms with Crippen molar-refractivity contribution >= 4 is 9.84 Å². The Balaban J connectivity index is 2.27. The van der Waals surface area contributed by atoms with Crippen LogP contribution in [0.25, 0.3) is 0 Å². The van der Waals surface area contributed by atoms with Crippen molar-refractivity contribution in [2.45, 2.75) is 11.2 Å². The van der Waals surface area contributed by atoms with Crippen molar-refractivity contribution in [3.8, 4) is 11.8 Å². The molecule has 3 atom stereocenters. The maximum atomic E-state index is 11.5. The molecule has 4 nitrogen and oxygen atoms in total. The number of benzene rings is 1. The van der Waals surface area contributed by atoms with Crippen LogP contribution in [0.2, 0.25) is 0 Å². The highest BCUT2D eigenvalue weighted by atomic mass is 32.2. The lowest BCUT2D eigenvalue weighted by atomic mass is 10.1. The Morgan fingerprint density at radius 1 is 1.29 bits per heavy atom. The highest BCUT2D eigenvalue weighted by Gasteiger charge is 2.57. The van der Waals surface area contributed by atoms with Gasteiger partial charge in [-0.1, -0.05) is 12.1 Å². The Bertz CT molecular complexity index is 556. The lowest BCUT2D eigenvalue weighted by molar-refractivity contribution is 0.414. The normalized spacial score (nSPS) is 27.2. The van der Waals surface area contributed by atoms with Gasteiger partial charge in [0.25, 0.3) is 0 Å². The zero-order valence-electron chi connectivity index (χ0n) is 9.62. The first-order valence-corrected chi connectivity index (χ1v) is 7.17. The van der Waals surface area contributed by atoms with E-state index in [0.29, 0.717) is 0 Å². The summed E-state index contributed by atoms with van der Waals surface area (Å²) in [5.41, 5.74) is 0.882. The van der Waals surface area contributed by atoms with Gasteiger partial charge in [0.2, 0.25) is 0 Å². The van der Waals surface area contributed by atoms with Gasteiger partial charge in [0.1, 0.15) is 5.75 Å². The summed E-state index contributed by atoms with van der Waals surface area (Å²) in [7, 11) is -1.58. The van der Waals surface area contributed by atoms with E-state index in [1.807, 2.05) is 12.1 Å². The van der Waals surface area contributed by atoms with Gasteiger partial charge in [-0.2, -0.15) is 5.26 Å². The fourth-order valence-electron chi connectivity index (χ4n) is 2.19. The number of nitriles is 1. The maximum Gasteiger partial charge on any atom is 0.152 e. The molecule has 0 heterocycles. The van der Waals surface area contributed by atoms with E-state index < -0.39 is 21.0 Å². The largest absolute Gasteiger partial charge is 0.497 e. The molecule has 5 heteroatoms. The van der Waals surface area contributed by atoms with E-state index >= 15 is 0 Å². The van der Waals surface area contributed by atoms with E-state index in [-0.39, 0.29) is 5.92 Å². The summed E-state index contributed by atoms with van der Waals surface area (Å²) in [5, 5.41) is 8.38. The van der Waals surface area contributed by atoms with Crippen molar-refractivity contribution in [2.24, 2.45) is 5.92 Å². The van der Waals surface area contributed by atoms with Gasteiger partial charge >= 0.3 is 0 Å². The van der Waals surface area contributed by atoms with Gasteiger partial charge in [-0.15, -0.1) is 0 Å². The van der Waals surface area contributed by atoms with Crippen LogP contribution >= 0.6 is 0 Å². The van der Waals surface area contributed by atoms with Gasteiger partial charge < -0.3 is 4.74 Å². The summed E-state index contributed by atoms with van der Waals surface area (Å²) in [5.74, 6) is 0.109. The second-order valence-electron chi connectivity index (χ2n) is 4.25. The molecule has 0 spiro atoms. The zero-order chi connectivity index (χ0) is 12.6. The van der Waals surface area contributed by atoms with Crippen LogP contribution in [0.3, 0.4) is 0 Å². The molecule has 0 amide bonds. The number of hydrogen-bond donors (Lipinski definition) is 0. The lowest BCUT2D eigenvalue weighted by Crippen LogP contribution is -2.06. The number of methoxy groups -OCH3 is 1. The number of hydrogen-bond acceptors (Lipinski definition) is 4. The van der Waals surface area contributed by atoms with Gasteiger partial charge in [-0.3, -0.25) is 0 Å². The maximum absolute atomic E-state index is 11.5. The van der Waals surface area contributed by atoms with E-state index in [1.54, 1.807) is 19.2 Å². The number of nitrogens with zero attached hydrogens (tertiary/aromatic N) is 1. The summed E-state index contributed by atoms with van der Waals surface area (Å²) in [6.07, 6.45) is 1.19. The van der Waals surface area contributed by atoms with Gasteiger partial charge in [0.15, 0.2) is 9.84 Å². The first-order chi connectivity index (χ1) is 7.99. The molecular formula is C12H13NO3S. The molecule has 0 unspecified atom stereocenters. The van der Waals surface area contributed by atoms with Crippen LogP contribution in [0.5, 0.6) is 5.75 Å². The van der Waals surface area contributed by atoms with Crippen LogP contribution in [0.4, 0.5) is 0 Å². The van der Waals surface area contributed by atoms with Crippen LogP contribution in [-0.2, 0) is 9.84 Å². The summed E-state index contributed by atoms with van der Waals surface area (Å²) in [6.45, 7) is 0. The van der Waals surface area contributed by atoms with Crippen molar-refractivity contribution in [1.82, 2.24) is 0 Å². The molecule has 1 aliphatic carbocycles. The Morgan fingerprint density at radius 3 is 2.24 bits per heavy atom. The minimum atomic E-state index is -3.16. The molecule has 17 heavy (non-hydrogen) atoms. The molecule has 0 aliphatic heterocycles. The average molecular weight is 251 g/mol. The van der Waals surface area contributed by atoms with Gasteiger partial charge in [0, 0.05) is 12.2 Å². The molecule has 1 fully saturated rings. The van der Waals surface area contributed by atoms with Crippen molar-refractivity contribution in [1.29, 1.82) is 5.26 Å². The molecule has 0 saturated heterocycles. The predicted octanol–water partition coefficient (Wildman–Crippen LogP) is 1.35. The topological polar surface area (TPSA) is 67.2 Å². The lowest BCUT2D eigenvalue weighted by Gasteiger charge is -2.02. The Morgan fingerprint density at radius 2 is 1.88 bits per heavy atom. The highest BCUT2D eigenvalue weighted by Crippen LogP contribution is 2.51. The molecule has 0 bridgehead atoms. The van der Waals surface area contributed by atoms with Crippen molar-refractivity contribution in [3.05, 3.63) is 29.8 Å². The van der Waals surface area contributed by atoms with Gasteiger partial charge in [-0.25, -0.2) is 8.42 Å². The van der Waals surface area contributed by atoms with E-state index in [2.05, 4.69) is 6.07 Å².